The highest BCUT2D eigenvalue weighted by molar-refractivity contribution is 5.94. The zero-order valence-electron chi connectivity index (χ0n) is 18.3. The first-order valence-corrected chi connectivity index (χ1v) is 9.93. The van der Waals surface area contributed by atoms with Crippen LogP contribution in [0.15, 0.2) is 29.3 Å². The number of hydrogen-bond acceptors (Lipinski definition) is 5. The highest BCUT2D eigenvalue weighted by Crippen LogP contribution is 2.17. The highest BCUT2D eigenvalue weighted by atomic mass is 16.5. The number of anilines is 1. The van der Waals surface area contributed by atoms with E-state index in [0.29, 0.717) is 32.3 Å². The third kappa shape index (κ3) is 10.7. The number of nitrogens with one attached hydrogen (secondary N) is 2. The zero-order chi connectivity index (χ0) is 21.7. The number of nitrogens with zero attached hydrogens (tertiary/aromatic N) is 1. The summed E-state index contributed by atoms with van der Waals surface area (Å²) in [6, 6.07) is 7.64. The number of benzene rings is 1. The van der Waals surface area contributed by atoms with E-state index in [1.54, 1.807) is 21.0 Å². The van der Waals surface area contributed by atoms with E-state index in [0.717, 1.165) is 17.9 Å². The van der Waals surface area contributed by atoms with Gasteiger partial charge in [-0.25, -0.2) is 0 Å². The van der Waals surface area contributed by atoms with Gasteiger partial charge in [-0.3, -0.25) is 9.79 Å². The number of nitrogens with two attached hydrogens (primary N) is 1. The predicted molar refractivity (Wildman–Crippen MR) is 116 cm³/mol. The number of aliphatic imine (C=N–C) groups is 1. The lowest BCUT2D eigenvalue weighted by Crippen LogP contribution is -2.37. The second-order valence-corrected chi connectivity index (χ2v) is 7.61. The Kier molecular flexibility index (Phi) is 11.1. The number of carbonyl (C=O) groups is 1. The normalized spacial score (nSPS) is 12.1. The lowest BCUT2D eigenvalue weighted by atomic mass is 9.93. The predicted octanol–water partition coefficient (Wildman–Crippen LogP) is 2.40. The van der Waals surface area contributed by atoms with Gasteiger partial charge >= 0.3 is 0 Å². The second kappa shape index (κ2) is 13.0. The maximum Gasteiger partial charge on any atom is 0.224 e. The van der Waals surface area contributed by atoms with Crippen LogP contribution in [0.2, 0.25) is 0 Å². The molecule has 0 atom stereocenters. The largest absolute Gasteiger partial charge is 0.491 e. The van der Waals surface area contributed by atoms with E-state index in [1.807, 2.05) is 38.1 Å². The van der Waals surface area contributed by atoms with Crippen molar-refractivity contribution in [2.75, 3.05) is 45.3 Å². The summed E-state index contributed by atoms with van der Waals surface area (Å²) in [6.45, 7) is 10.3. The molecular formula is C21H36N4O4. The van der Waals surface area contributed by atoms with Gasteiger partial charge in [0.05, 0.1) is 31.3 Å². The number of amides is 1. The van der Waals surface area contributed by atoms with Crippen molar-refractivity contribution in [1.29, 1.82) is 0 Å². The fourth-order valence-electron chi connectivity index (χ4n) is 2.15. The van der Waals surface area contributed by atoms with Crippen LogP contribution < -0.4 is 21.1 Å². The van der Waals surface area contributed by atoms with Crippen LogP contribution in [0.25, 0.3) is 0 Å². The van der Waals surface area contributed by atoms with Gasteiger partial charge in [0.1, 0.15) is 5.75 Å². The minimum Gasteiger partial charge on any atom is -0.491 e. The molecule has 0 heterocycles. The fraction of sp³-hybridized carbons (Fsp3) is 0.619. The summed E-state index contributed by atoms with van der Waals surface area (Å²) in [7, 11) is 1.65. The summed E-state index contributed by atoms with van der Waals surface area (Å²) in [4.78, 5) is 16.1. The summed E-state index contributed by atoms with van der Waals surface area (Å²) in [5, 5.41) is 6.51. The van der Waals surface area contributed by atoms with Gasteiger partial charge in [0, 0.05) is 25.9 Å². The molecule has 1 aromatic carbocycles. The van der Waals surface area contributed by atoms with Crippen molar-refractivity contribution < 1.29 is 19.0 Å². The number of guanidine groups is 1. The standard InChI is InChI=1S/C21H36N4O4/c1-16(2)29-18-9-7-17(8-10-18)25-20(24-15-21(3,4)19(22)26)23-11-6-12-28-14-13-27-5/h7-10,16H,6,11-15H2,1-5H3,(H2,22,26)(H2,23,24,25). The summed E-state index contributed by atoms with van der Waals surface area (Å²) < 4.78 is 16.1. The maximum atomic E-state index is 11.6. The third-order valence-electron chi connectivity index (χ3n) is 3.98. The molecule has 0 aliphatic heterocycles. The van der Waals surface area contributed by atoms with Gasteiger partial charge in [0.25, 0.3) is 0 Å². The van der Waals surface area contributed by atoms with E-state index in [9.17, 15) is 4.79 Å². The maximum absolute atomic E-state index is 11.6. The molecule has 1 amide bonds. The van der Waals surface area contributed by atoms with Crippen molar-refractivity contribution in [2.24, 2.45) is 16.1 Å². The second-order valence-electron chi connectivity index (χ2n) is 7.61. The fourth-order valence-corrected chi connectivity index (χ4v) is 2.15. The van der Waals surface area contributed by atoms with Crippen molar-refractivity contribution in [2.45, 2.75) is 40.2 Å². The molecule has 0 aliphatic carbocycles. The van der Waals surface area contributed by atoms with Crippen LogP contribution in [0.1, 0.15) is 34.1 Å². The molecule has 164 valence electrons. The number of ether oxygens (including phenoxy) is 3. The van der Waals surface area contributed by atoms with E-state index in [2.05, 4.69) is 15.6 Å². The molecule has 1 rings (SSSR count). The summed E-state index contributed by atoms with van der Waals surface area (Å²) in [5.41, 5.74) is 5.59. The molecule has 4 N–H and O–H groups in total. The molecule has 0 radical (unpaired) electrons. The first-order chi connectivity index (χ1) is 13.7. The van der Waals surface area contributed by atoms with Crippen molar-refractivity contribution in [3.63, 3.8) is 0 Å². The Labute approximate surface area is 174 Å². The highest BCUT2D eigenvalue weighted by Gasteiger charge is 2.24. The molecular weight excluding hydrogens is 372 g/mol. The number of methoxy groups -OCH3 is 1. The zero-order valence-corrected chi connectivity index (χ0v) is 18.3. The third-order valence-corrected chi connectivity index (χ3v) is 3.98. The number of carbonyl (C=O) groups excluding carboxylic acids is 1. The van der Waals surface area contributed by atoms with Gasteiger partial charge in [0.15, 0.2) is 5.96 Å². The van der Waals surface area contributed by atoms with Crippen molar-refractivity contribution in [3.05, 3.63) is 24.3 Å². The lowest BCUT2D eigenvalue weighted by molar-refractivity contribution is -0.125. The Morgan fingerprint density at radius 1 is 1.17 bits per heavy atom. The number of rotatable bonds is 13. The average Bonchev–Trinajstić information content (AvgIpc) is 2.66. The van der Waals surface area contributed by atoms with E-state index in [4.69, 9.17) is 19.9 Å². The summed E-state index contributed by atoms with van der Waals surface area (Å²) in [6.07, 6.45) is 0.930. The molecule has 0 bridgehead atoms. The van der Waals surface area contributed by atoms with Gasteiger partial charge in [0.2, 0.25) is 5.91 Å². The number of hydrogen-bond donors (Lipinski definition) is 3. The van der Waals surface area contributed by atoms with Crippen LogP contribution in [0, 0.1) is 5.41 Å². The van der Waals surface area contributed by atoms with Crippen molar-refractivity contribution >= 4 is 17.6 Å². The Morgan fingerprint density at radius 2 is 1.86 bits per heavy atom. The quantitative estimate of drug-likeness (QED) is 0.263. The Hall–Kier alpha value is -2.32. The SMILES string of the molecule is COCCOCCCNC(=NCC(C)(C)C(N)=O)Nc1ccc(OC(C)C)cc1. The number of primary amides is 1. The monoisotopic (exact) mass is 408 g/mol. The first kappa shape index (κ1) is 24.7. The summed E-state index contributed by atoms with van der Waals surface area (Å²) in [5.74, 6) is 0.996. The van der Waals surface area contributed by atoms with E-state index in [-0.39, 0.29) is 18.6 Å². The molecule has 0 saturated heterocycles. The molecule has 8 heteroatoms. The van der Waals surface area contributed by atoms with Gasteiger partial charge in [-0.2, -0.15) is 0 Å². The minimum absolute atomic E-state index is 0.120. The lowest BCUT2D eigenvalue weighted by Gasteiger charge is -2.19. The van der Waals surface area contributed by atoms with Crippen LogP contribution >= 0.6 is 0 Å². The van der Waals surface area contributed by atoms with Crippen LogP contribution in [0.5, 0.6) is 5.75 Å². The smallest absolute Gasteiger partial charge is 0.224 e. The molecule has 29 heavy (non-hydrogen) atoms. The van der Waals surface area contributed by atoms with Gasteiger partial charge in [-0.1, -0.05) is 0 Å². The van der Waals surface area contributed by atoms with Gasteiger partial charge < -0.3 is 30.6 Å². The molecule has 0 aliphatic rings. The van der Waals surface area contributed by atoms with Gasteiger partial charge in [-0.15, -0.1) is 0 Å². The van der Waals surface area contributed by atoms with Crippen molar-refractivity contribution in [3.8, 4) is 5.75 Å². The molecule has 0 spiro atoms. The molecule has 0 unspecified atom stereocenters. The molecule has 0 saturated carbocycles. The van der Waals surface area contributed by atoms with E-state index < -0.39 is 5.41 Å². The summed E-state index contributed by atoms with van der Waals surface area (Å²) >= 11 is 0. The Bertz CT molecular complexity index is 630. The van der Waals surface area contributed by atoms with Crippen molar-refractivity contribution in [1.82, 2.24) is 5.32 Å². The topological polar surface area (TPSA) is 107 Å². The molecule has 0 aromatic heterocycles. The van der Waals surface area contributed by atoms with Crippen LogP contribution in [0.4, 0.5) is 5.69 Å². The first-order valence-electron chi connectivity index (χ1n) is 9.93. The average molecular weight is 409 g/mol. The van der Waals surface area contributed by atoms with Crippen LogP contribution in [0.3, 0.4) is 0 Å². The molecule has 0 fully saturated rings. The van der Waals surface area contributed by atoms with Gasteiger partial charge in [-0.05, 0) is 58.4 Å². The Balaban J connectivity index is 2.67. The Morgan fingerprint density at radius 3 is 2.45 bits per heavy atom. The molecule has 1 aromatic rings. The van der Waals surface area contributed by atoms with E-state index >= 15 is 0 Å². The molecule has 8 nitrogen and oxygen atoms in total. The van der Waals surface area contributed by atoms with E-state index in [1.165, 1.54) is 0 Å². The van der Waals surface area contributed by atoms with Crippen LogP contribution in [-0.2, 0) is 14.3 Å². The minimum atomic E-state index is -0.729. The van der Waals surface area contributed by atoms with Crippen LogP contribution in [-0.4, -0.2) is 58.0 Å².